The van der Waals surface area contributed by atoms with Crippen molar-refractivity contribution in [3.63, 3.8) is 0 Å². The zero-order valence-corrected chi connectivity index (χ0v) is 29.2. The molecule has 0 spiro atoms. The molecule has 0 bridgehead atoms. The smallest absolute Gasteiger partial charge is 0.242 e. The lowest BCUT2D eigenvalue weighted by Crippen LogP contribution is -2.36. The zero-order chi connectivity index (χ0) is 35.9. The van der Waals surface area contributed by atoms with Crippen LogP contribution in [0.15, 0.2) is 24.3 Å². The first-order valence-electron chi connectivity index (χ1n) is 16.8. The van der Waals surface area contributed by atoms with Gasteiger partial charge in [0.05, 0.1) is 38.1 Å². The fraction of sp³-hybridized carbons (Fsp3) is 0.636. The molecular formula is C33H52N6O9S. The summed E-state index contributed by atoms with van der Waals surface area (Å²) in [6, 6.07) is 7.22. The first-order valence-corrected chi connectivity index (χ1v) is 17.9. The number of aliphatic hydroxyl groups excluding tert-OH is 1. The molecule has 2 rings (SSSR count). The summed E-state index contributed by atoms with van der Waals surface area (Å²) in [5, 5.41) is 19.5. The number of anilines is 1. The van der Waals surface area contributed by atoms with E-state index in [4.69, 9.17) is 20.3 Å². The fourth-order valence-electron chi connectivity index (χ4n) is 4.54. The molecule has 2 atom stereocenters. The second kappa shape index (κ2) is 24.5. The molecule has 0 radical (unpaired) electrons. The predicted octanol–water partition coefficient (Wildman–Crippen LogP) is 0.438. The molecule has 49 heavy (non-hydrogen) atoms. The number of amides is 6. The number of carbonyl (C=O) groups is 6. The highest BCUT2D eigenvalue weighted by Gasteiger charge is 2.38. The SMILES string of the molecule is CCCCNC(=O)CCSC1CC(=O)N(CCC(=O)NCCOCCOCCC(=O)Nc2ccc(CCC(=O)NCCC(N)O)cc2)C1=O. The summed E-state index contributed by atoms with van der Waals surface area (Å²) < 4.78 is 10.9. The highest BCUT2D eigenvalue weighted by molar-refractivity contribution is 8.00. The van der Waals surface area contributed by atoms with Crippen molar-refractivity contribution in [3.05, 3.63) is 29.8 Å². The number of ether oxygens (including phenoxy) is 2. The number of carbonyl (C=O) groups excluding carboxylic acids is 6. The number of aliphatic hydroxyl groups is 1. The highest BCUT2D eigenvalue weighted by Crippen LogP contribution is 2.25. The Morgan fingerprint density at radius 1 is 0.878 bits per heavy atom. The highest BCUT2D eigenvalue weighted by atomic mass is 32.2. The number of rotatable bonds is 26. The van der Waals surface area contributed by atoms with Crippen LogP contribution >= 0.6 is 11.8 Å². The summed E-state index contributed by atoms with van der Waals surface area (Å²) in [4.78, 5) is 74.1. The van der Waals surface area contributed by atoms with Crippen molar-refractivity contribution in [2.75, 3.05) is 63.7 Å². The van der Waals surface area contributed by atoms with Crippen molar-refractivity contribution in [1.29, 1.82) is 0 Å². The van der Waals surface area contributed by atoms with Crippen LogP contribution in [-0.2, 0) is 44.7 Å². The molecule has 1 aromatic carbocycles. The van der Waals surface area contributed by atoms with Crippen LogP contribution in [0.3, 0.4) is 0 Å². The normalized spacial score (nSPS) is 14.8. The number of hydrogen-bond acceptors (Lipinski definition) is 11. The second-order valence-corrected chi connectivity index (χ2v) is 12.7. The third-order valence-corrected chi connectivity index (χ3v) is 8.53. The number of likely N-dealkylation sites (tertiary alicyclic amines) is 1. The van der Waals surface area contributed by atoms with Gasteiger partial charge in [-0.15, -0.1) is 11.8 Å². The van der Waals surface area contributed by atoms with Gasteiger partial charge in [-0.3, -0.25) is 33.7 Å². The summed E-state index contributed by atoms with van der Waals surface area (Å²) in [6.45, 7) is 4.28. The van der Waals surface area contributed by atoms with E-state index in [0.29, 0.717) is 43.8 Å². The Hall–Kier alpha value is -3.57. The average molecular weight is 709 g/mol. The first kappa shape index (κ1) is 41.6. The monoisotopic (exact) mass is 708 g/mol. The minimum atomic E-state index is -0.945. The molecule has 1 aromatic rings. The van der Waals surface area contributed by atoms with E-state index in [1.807, 2.05) is 19.1 Å². The van der Waals surface area contributed by atoms with Gasteiger partial charge in [-0.25, -0.2) is 0 Å². The summed E-state index contributed by atoms with van der Waals surface area (Å²) >= 11 is 1.30. The van der Waals surface area contributed by atoms with Crippen LogP contribution in [0.5, 0.6) is 0 Å². The minimum Gasteiger partial charge on any atom is -0.379 e. The third-order valence-electron chi connectivity index (χ3n) is 7.32. The summed E-state index contributed by atoms with van der Waals surface area (Å²) in [5.41, 5.74) is 6.83. The zero-order valence-electron chi connectivity index (χ0n) is 28.3. The minimum absolute atomic E-state index is 0.00819. The molecule has 1 aliphatic heterocycles. The molecule has 1 fully saturated rings. The molecule has 16 heteroatoms. The largest absolute Gasteiger partial charge is 0.379 e. The van der Waals surface area contributed by atoms with Gasteiger partial charge in [0, 0.05) is 69.7 Å². The topological polar surface area (TPSA) is 218 Å². The number of aryl methyl sites for hydroxylation is 1. The standard InChI is InChI=1S/C33H52N6O9S/c1-2-3-14-35-30(43)13-22-49-26-23-32(45)39(33(26)46)17-11-29(42)37-16-19-48-21-20-47-18-12-31(44)38-25-7-4-24(5-8-25)6-9-28(41)36-15-10-27(34)40/h4-5,7-8,26-27,40H,2-3,6,9-23,34H2,1H3,(H,35,43)(H,36,41)(H,37,42)(H,38,44). The van der Waals surface area contributed by atoms with Gasteiger partial charge in [0.25, 0.3) is 0 Å². The number of benzene rings is 1. The molecule has 274 valence electrons. The van der Waals surface area contributed by atoms with E-state index in [1.165, 1.54) is 11.8 Å². The Morgan fingerprint density at radius 2 is 1.53 bits per heavy atom. The summed E-state index contributed by atoms with van der Waals surface area (Å²) in [6.07, 6.45) is 2.62. The Balaban J connectivity index is 1.46. The maximum Gasteiger partial charge on any atom is 0.242 e. The number of nitrogens with zero attached hydrogens (tertiary/aromatic N) is 1. The Morgan fingerprint density at radius 3 is 2.24 bits per heavy atom. The van der Waals surface area contributed by atoms with E-state index in [2.05, 4.69) is 21.3 Å². The van der Waals surface area contributed by atoms with Gasteiger partial charge in [0.1, 0.15) is 6.23 Å². The van der Waals surface area contributed by atoms with Crippen LogP contribution in [0.4, 0.5) is 5.69 Å². The number of nitrogens with two attached hydrogens (primary N) is 1. The van der Waals surface area contributed by atoms with Crippen molar-refractivity contribution in [2.45, 2.75) is 76.2 Å². The van der Waals surface area contributed by atoms with E-state index < -0.39 is 11.5 Å². The molecule has 6 amide bonds. The van der Waals surface area contributed by atoms with Gasteiger partial charge in [-0.05, 0) is 30.5 Å². The Bertz CT molecular complexity index is 1200. The maximum atomic E-state index is 12.6. The van der Waals surface area contributed by atoms with Crippen molar-refractivity contribution >= 4 is 52.9 Å². The number of thioether (sulfide) groups is 1. The number of imide groups is 1. The van der Waals surface area contributed by atoms with Crippen molar-refractivity contribution in [3.8, 4) is 0 Å². The van der Waals surface area contributed by atoms with E-state index in [-0.39, 0.29) is 101 Å². The molecule has 1 aliphatic rings. The molecule has 0 aromatic heterocycles. The number of hydrogen-bond donors (Lipinski definition) is 6. The Labute approximate surface area is 292 Å². The molecule has 0 saturated carbocycles. The van der Waals surface area contributed by atoms with Crippen LogP contribution in [0, 0.1) is 0 Å². The van der Waals surface area contributed by atoms with E-state index in [1.54, 1.807) is 12.1 Å². The van der Waals surface area contributed by atoms with Crippen molar-refractivity contribution in [1.82, 2.24) is 20.9 Å². The van der Waals surface area contributed by atoms with Gasteiger partial charge in [-0.1, -0.05) is 25.5 Å². The predicted molar refractivity (Wildman–Crippen MR) is 185 cm³/mol. The van der Waals surface area contributed by atoms with Crippen LogP contribution in [0.2, 0.25) is 0 Å². The van der Waals surface area contributed by atoms with E-state index >= 15 is 0 Å². The van der Waals surface area contributed by atoms with E-state index in [9.17, 15) is 28.8 Å². The summed E-state index contributed by atoms with van der Waals surface area (Å²) in [5.74, 6) is -0.874. The van der Waals surface area contributed by atoms with Crippen LogP contribution in [-0.4, -0.2) is 115 Å². The van der Waals surface area contributed by atoms with Crippen LogP contribution in [0.1, 0.15) is 63.9 Å². The molecule has 15 nitrogen and oxygen atoms in total. The maximum absolute atomic E-state index is 12.6. The number of nitrogens with one attached hydrogen (secondary N) is 4. The van der Waals surface area contributed by atoms with Gasteiger partial charge >= 0.3 is 0 Å². The number of unbranched alkanes of at least 4 members (excludes halogenated alkanes) is 1. The van der Waals surface area contributed by atoms with Gasteiger partial charge < -0.3 is 41.6 Å². The molecule has 0 aliphatic carbocycles. The Kier molecular flexibility index (Phi) is 20.8. The molecule has 2 unspecified atom stereocenters. The lowest BCUT2D eigenvalue weighted by molar-refractivity contribution is -0.138. The second-order valence-electron chi connectivity index (χ2n) is 11.4. The molecule has 7 N–H and O–H groups in total. The van der Waals surface area contributed by atoms with Gasteiger partial charge in [-0.2, -0.15) is 0 Å². The first-order chi connectivity index (χ1) is 23.6. The molecule has 1 saturated heterocycles. The lowest BCUT2D eigenvalue weighted by atomic mass is 10.1. The van der Waals surface area contributed by atoms with Crippen molar-refractivity contribution < 1.29 is 43.3 Å². The van der Waals surface area contributed by atoms with Crippen molar-refractivity contribution in [2.24, 2.45) is 5.73 Å². The van der Waals surface area contributed by atoms with Gasteiger partial charge in [0.15, 0.2) is 0 Å². The summed E-state index contributed by atoms with van der Waals surface area (Å²) in [7, 11) is 0. The molecular weight excluding hydrogens is 656 g/mol. The lowest BCUT2D eigenvalue weighted by Gasteiger charge is -2.14. The van der Waals surface area contributed by atoms with Crippen LogP contribution < -0.4 is 27.0 Å². The molecule has 1 heterocycles. The average Bonchev–Trinajstić information content (AvgIpc) is 3.33. The fourth-order valence-corrected chi connectivity index (χ4v) is 5.66. The van der Waals surface area contributed by atoms with Gasteiger partial charge in [0.2, 0.25) is 35.4 Å². The van der Waals surface area contributed by atoms with Crippen LogP contribution in [0.25, 0.3) is 0 Å². The third kappa shape index (κ3) is 18.7. The quantitative estimate of drug-likeness (QED) is 0.0441. The van der Waals surface area contributed by atoms with E-state index in [0.717, 1.165) is 23.3 Å².